The minimum atomic E-state index is -0.968. The molecule has 1 unspecified atom stereocenters. The number of halogens is 1. The summed E-state index contributed by atoms with van der Waals surface area (Å²) < 4.78 is 13.8. The first-order chi connectivity index (χ1) is 16.8. The lowest BCUT2D eigenvalue weighted by Crippen LogP contribution is -2.29. The number of aliphatic hydroxyl groups excluding tert-OH is 1. The lowest BCUT2D eigenvalue weighted by molar-refractivity contribution is -0.132. The third-order valence-corrected chi connectivity index (χ3v) is 6.66. The molecule has 3 aromatic rings. The lowest BCUT2D eigenvalue weighted by Gasteiger charge is -2.26. The maximum absolute atomic E-state index is 13.8. The van der Waals surface area contributed by atoms with Crippen LogP contribution in [0.15, 0.2) is 72.3 Å². The SMILES string of the molecule is Cc1cc(/C(O)=C2/C(=O)C(=O)N(c3ccc(N4CCCC4)cc3)C2c2cccc(O)c2)ccc1F. The number of Topliss-reactive ketones (excluding diaryl/α,β-unsaturated/α-hetero) is 1. The highest BCUT2D eigenvalue weighted by Gasteiger charge is 2.47. The first-order valence-electron chi connectivity index (χ1n) is 11.6. The van der Waals surface area contributed by atoms with Crippen LogP contribution in [0.5, 0.6) is 5.75 Å². The zero-order valence-corrected chi connectivity index (χ0v) is 19.2. The van der Waals surface area contributed by atoms with Crippen LogP contribution >= 0.6 is 0 Å². The monoisotopic (exact) mass is 472 g/mol. The number of hydrogen-bond donors (Lipinski definition) is 2. The highest BCUT2D eigenvalue weighted by Crippen LogP contribution is 2.43. The summed E-state index contributed by atoms with van der Waals surface area (Å²) in [7, 11) is 0. The minimum Gasteiger partial charge on any atom is -0.508 e. The van der Waals surface area contributed by atoms with Gasteiger partial charge in [0.05, 0.1) is 11.6 Å². The van der Waals surface area contributed by atoms with E-state index in [-0.39, 0.29) is 16.9 Å². The molecule has 0 radical (unpaired) electrons. The Bertz CT molecular complexity index is 1340. The molecule has 0 saturated carbocycles. The van der Waals surface area contributed by atoms with Crippen LogP contribution in [0.25, 0.3) is 5.76 Å². The van der Waals surface area contributed by atoms with Crippen LogP contribution in [0.4, 0.5) is 15.8 Å². The summed E-state index contributed by atoms with van der Waals surface area (Å²) >= 11 is 0. The predicted molar refractivity (Wildman–Crippen MR) is 132 cm³/mol. The van der Waals surface area contributed by atoms with Gasteiger partial charge in [0.1, 0.15) is 17.3 Å². The number of nitrogens with zero attached hydrogens (tertiary/aromatic N) is 2. The molecule has 2 saturated heterocycles. The molecule has 0 aliphatic carbocycles. The van der Waals surface area contributed by atoms with Crippen molar-refractivity contribution in [1.29, 1.82) is 0 Å². The number of aliphatic hydroxyl groups is 1. The summed E-state index contributed by atoms with van der Waals surface area (Å²) in [5.74, 6) is -2.50. The summed E-state index contributed by atoms with van der Waals surface area (Å²) in [5, 5.41) is 21.3. The topological polar surface area (TPSA) is 81.1 Å². The Kier molecular flexibility index (Phi) is 5.76. The number of anilines is 2. The molecule has 6 nitrogen and oxygen atoms in total. The van der Waals surface area contributed by atoms with Gasteiger partial charge in [-0.3, -0.25) is 14.5 Å². The van der Waals surface area contributed by atoms with Crippen molar-refractivity contribution in [2.24, 2.45) is 0 Å². The van der Waals surface area contributed by atoms with Gasteiger partial charge < -0.3 is 15.1 Å². The van der Waals surface area contributed by atoms with Gasteiger partial charge in [-0.15, -0.1) is 0 Å². The maximum atomic E-state index is 13.8. The van der Waals surface area contributed by atoms with E-state index in [0.29, 0.717) is 16.8 Å². The lowest BCUT2D eigenvalue weighted by atomic mass is 9.94. The van der Waals surface area contributed by atoms with Crippen molar-refractivity contribution >= 4 is 28.8 Å². The van der Waals surface area contributed by atoms with Gasteiger partial charge in [0, 0.05) is 30.0 Å². The molecule has 2 heterocycles. The molecule has 178 valence electrons. The average Bonchev–Trinajstić information content (AvgIpc) is 3.48. The quantitative estimate of drug-likeness (QED) is 0.315. The van der Waals surface area contributed by atoms with Crippen molar-refractivity contribution in [2.45, 2.75) is 25.8 Å². The molecule has 5 rings (SSSR count). The fourth-order valence-corrected chi connectivity index (χ4v) is 4.86. The van der Waals surface area contributed by atoms with Crippen molar-refractivity contribution in [1.82, 2.24) is 0 Å². The largest absolute Gasteiger partial charge is 0.508 e. The standard InChI is InChI=1S/C28H25FN2O4/c1-17-15-19(7-12-23(17)29)26(33)24-25(18-5-4-6-22(32)16-18)31(28(35)27(24)34)21-10-8-20(9-11-21)30-13-2-3-14-30/h4-12,15-16,25,32-33H,2-3,13-14H2,1H3/b26-24-. The fraction of sp³-hybridized carbons (Fsp3) is 0.214. The third-order valence-electron chi connectivity index (χ3n) is 6.66. The number of aromatic hydroxyl groups is 1. The van der Waals surface area contributed by atoms with Gasteiger partial charge in [-0.05, 0) is 85.5 Å². The zero-order chi connectivity index (χ0) is 24.7. The molecule has 7 heteroatoms. The van der Waals surface area contributed by atoms with Crippen LogP contribution in [-0.2, 0) is 9.59 Å². The summed E-state index contributed by atoms with van der Waals surface area (Å²) in [4.78, 5) is 30.1. The van der Waals surface area contributed by atoms with E-state index in [2.05, 4.69) is 4.90 Å². The van der Waals surface area contributed by atoms with Gasteiger partial charge in [0.15, 0.2) is 0 Å². The Hall–Kier alpha value is -4.13. The molecule has 2 fully saturated rings. The smallest absolute Gasteiger partial charge is 0.300 e. The van der Waals surface area contributed by atoms with Crippen molar-refractivity contribution < 1.29 is 24.2 Å². The fourth-order valence-electron chi connectivity index (χ4n) is 4.86. The van der Waals surface area contributed by atoms with Crippen molar-refractivity contribution in [3.63, 3.8) is 0 Å². The van der Waals surface area contributed by atoms with Gasteiger partial charge in [-0.1, -0.05) is 12.1 Å². The number of carbonyl (C=O) groups is 2. The second-order valence-electron chi connectivity index (χ2n) is 8.94. The van der Waals surface area contributed by atoms with Crippen LogP contribution in [0.1, 0.15) is 35.6 Å². The highest BCUT2D eigenvalue weighted by atomic mass is 19.1. The van der Waals surface area contributed by atoms with E-state index in [0.717, 1.165) is 31.6 Å². The first-order valence-corrected chi connectivity index (χ1v) is 11.6. The van der Waals surface area contributed by atoms with Gasteiger partial charge >= 0.3 is 0 Å². The van der Waals surface area contributed by atoms with Gasteiger partial charge in [0.25, 0.3) is 11.7 Å². The predicted octanol–water partition coefficient (Wildman–Crippen LogP) is 5.07. The van der Waals surface area contributed by atoms with E-state index in [1.54, 1.807) is 31.2 Å². The molecule has 0 bridgehead atoms. The third kappa shape index (κ3) is 4.03. The molecule has 2 aliphatic rings. The van der Waals surface area contributed by atoms with Crippen LogP contribution in [-0.4, -0.2) is 35.0 Å². The second kappa shape index (κ2) is 8.91. The first kappa shape index (κ1) is 22.7. The van der Waals surface area contributed by atoms with Crippen LogP contribution in [0.3, 0.4) is 0 Å². The van der Waals surface area contributed by atoms with E-state index >= 15 is 0 Å². The minimum absolute atomic E-state index is 0.0323. The highest BCUT2D eigenvalue weighted by molar-refractivity contribution is 6.51. The molecule has 1 atom stereocenters. The molecule has 3 aromatic carbocycles. The Labute approximate surface area is 202 Å². The number of phenols is 1. The Morgan fingerprint density at radius 1 is 0.943 bits per heavy atom. The summed E-state index contributed by atoms with van der Waals surface area (Å²) in [5.41, 5.74) is 2.42. The second-order valence-corrected chi connectivity index (χ2v) is 8.94. The van der Waals surface area contributed by atoms with Gasteiger partial charge in [0.2, 0.25) is 0 Å². The van der Waals surface area contributed by atoms with Gasteiger partial charge in [-0.2, -0.15) is 0 Å². The Balaban J connectivity index is 1.64. The molecular weight excluding hydrogens is 447 g/mol. The van der Waals surface area contributed by atoms with E-state index < -0.39 is 29.3 Å². The van der Waals surface area contributed by atoms with Crippen LogP contribution in [0.2, 0.25) is 0 Å². The maximum Gasteiger partial charge on any atom is 0.300 e. The van der Waals surface area contributed by atoms with Crippen molar-refractivity contribution in [2.75, 3.05) is 22.9 Å². The number of aryl methyl sites for hydroxylation is 1. The molecular formula is C28H25FN2O4. The number of benzene rings is 3. The van der Waals surface area contributed by atoms with E-state index in [4.69, 9.17) is 0 Å². The summed E-state index contributed by atoms with van der Waals surface area (Å²) in [6, 6.07) is 16.7. The van der Waals surface area contributed by atoms with E-state index in [1.807, 2.05) is 12.1 Å². The number of hydrogen-bond acceptors (Lipinski definition) is 5. The average molecular weight is 473 g/mol. The van der Waals surface area contributed by atoms with E-state index in [9.17, 15) is 24.2 Å². The number of ketones is 1. The molecule has 1 amide bonds. The van der Waals surface area contributed by atoms with E-state index in [1.165, 1.54) is 35.2 Å². The summed E-state index contributed by atoms with van der Waals surface area (Å²) in [6.07, 6.45) is 2.27. The number of rotatable bonds is 4. The zero-order valence-electron chi connectivity index (χ0n) is 19.2. The number of phenolic OH excluding ortho intramolecular Hbond substituents is 1. The Morgan fingerprint density at radius 2 is 1.63 bits per heavy atom. The van der Waals surface area contributed by atoms with Crippen LogP contribution in [0, 0.1) is 12.7 Å². The number of carbonyl (C=O) groups excluding carboxylic acids is 2. The van der Waals surface area contributed by atoms with Crippen molar-refractivity contribution in [3.05, 3.63) is 94.8 Å². The molecule has 2 aliphatic heterocycles. The molecule has 35 heavy (non-hydrogen) atoms. The Morgan fingerprint density at radius 3 is 2.29 bits per heavy atom. The van der Waals surface area contributed by atoms with Crippen molar-refractivity contribution in [3.8, 4) is 5.75 Å². The number of amides is 1. The normalized spacial score (nSPS) is 19.5. The molecule has 0 spiro atoms. The molecule has 0 aromatic heterocycles. The summed E-state index contributed by atoms with van der Waals surface area (Å²) in [6.45, 7) is 3.51. The van der Waals surface area contributed by atoms with Crippen LogP contribution < -0.4 is 9.80 Å². The molecule has 2 N–H and O–H groups in total. The van der Waals surface area contributed by atoms with Gasteiger partial charge in [-0.25, -0.2) is 4.39 Å².